The average molecular weight is 447 g/mol. The molecule has 156 valence electrons. The van der Waals surface area contributed by atoms with Crippen LogP contribution in [0.3, 0.4) is 0 Å². The van der Waals surface area contributed by atoms with Crippen LogP contribution in [0.5, 0.6) is 23.0 Å². The lowest BCUT2D eigenvalue weighted by molar-refractivity contribution is 0.102. The van der Waals surface area contributed by atoms with Crippen LogP contribution in [-0.4, -0.2) is 31.4 Å². The SMILES string of the molecule is CCCOc1c(Cl)cc(C(=O)Nc2nc(-c3ccc4c(c3)OCO4)cs2)cc1OC. The standard InChI is InChI=1S/C21H19ClN2O5S/c1-3-6-27-19-14(22)7-13(9-18(19)26-2)20(25)24-21-23-15(10-30-21)12-4-5-16-17(8-12)29-11-28-16/h4-5,7-10H,3,6,11H2,1-2H3,(H,23,24,25). The first kappa shape index (κ1) is 20.3. The van der Waals surface area contributed by atoms with Gasteiger partial charge in [0.25, 0.3) is 5.91 Å². The fourth-order valence-corrected chi connectivity index (χ4v) is 3.86. The second-order valence-corrected chi connectivity index (χ2v) is 7.66. The monoisotopic (exact) mass is 446 g/mol. The molecule has 0 spiro atoms. The highest BCUT2D eigenvalue weighted by Crippen LogP contribution is 2.38. The number of hydrogen-bond acceptors (Lipinski definition) is 7. The summed E-state index contributed by atoms with van der Waals surface area (Å²) in [5.74, 6) is 1.87. The molecule has 0 atom stereocenters. The zero-order valence-corrected chi connectivity index (χ0v) is 17.9. The highest BCUT2D eigenvalue weighted by atomic mass is 35.5. The van der Waals surface area contributed by atoms with Gasteiger partial charge in [-0.1, -0.05) is 18.5 Å². The topological polar surface area (TPSA) is 78.9 Å². The minimum absolute atomic E-state index is 0.214. The second kappa shape index (κ2) is 8.81. The van der Waals surface area contributed by atoms with E-state index in [4.69, 9.17) is 30.5 Å². The van der Waals surface area contributed by atoms with Crippen molar-refractivity contribution in [1.29, 1.82) is 0 Å². The summed E-state index contributed by atoms with van der Waals surface area (Å²) in [7, 11) is 1.50. The normalized spacial score (nSPS) is 12.0. The molecule has 1 N–H and O–H groups in total. The van der Waals surface area contributed by atoms with Crippen LogP contribution in [0.2, 0.25) is 5.02 Å². The van der Waals surface area contributed by atoms with Gasteiger partial charge in [-0.05, 0) is 36.8 Å². The molecule has 0 saturated heterocycles. The number of ether oxygens (including phenoxy) is 4. The number of thiazole rings is 1. The van der Waals surface area contributed by atoms with Gasteiger partial charge < -0.3 is 18.9 Å². The molecular formula is C21H19ClN2O5S. The Morgan fingerprint density at radius 2 is 2.10 bits per heavy atom. The lowest BCUT2D eigenvalue weighted by Crippen LogP contribution is -2.12. The zero-order chi connectivity index (χ0) is 21.1. The van der Waals surface area contributed by atoms with Gasteiger partial charge in [0.05, 0.1) is 24.4 Å². The molecule has 0 bridgehead atoms. The van der Waals surface area contributed by atoms with Crippen molar-refractivity contribution < 1.29 is 23.7 Å². The molecule has 9 heteroatoms. The fourth-order valence-electron chi connectivity index (χ4n) is 2.88. The van der Waals surface area contributed by atoms with Crippen LogP contribution >= 0.6 is 22.9 Å². The largest absolute Gasteiger partial charge is 0.493 e. The molecule has 0 saturated carbocycles. The van der Waals surface area contributed by atoms with Crippen molar-refractivity contribution in [3.05, 3.63) is 46.3 Å². The summed E-state index contributed by atoms with van der Waals surface area (Å²) < 4.78 is 21.7. The van der Waals surface area contributed by atoms with Crippen LogP contribution in [0, 0.1) is 0 Å². The number of anilines is 1. The van der Waals surface area contributed by atoms with E-state index in [1.165, 1.54) is 18.4 Å². The maximum atomic E-state index is 12.7. The third kappa shape index (κ3) is 4.15. The third-order valence-electron chi connectivity index (χ3n) is 4.34. The number of nitrogens with one attached hydrogen (secondary N) is 1. The van der Waals surface area contributed by atoms with E-state index in [1.54, 1.807) is 12.1 Å². The van der Waals surface area contributed by atoms with Crippen molar-refractivity contribution in [2.24, 2.45) is 0 Å². The number of carbonyl (C=O) groups is 1. The van der Waals surface area contributed by atoms with Crippen molar-refractivity contribution >= 4 is 34.0 Å². The number of hydrogen-bond donors (Lipinski definition) is 1. The smallest absolute Gasteiger partial charge is 0.257 e. The molecule has 4 rings (SSSR count). The van der Waals surface area contributed by atoms with Crippen molar-refractivity contribution in [1.82, 2.24) is 4.98 Å². The number of carbonyl (C=O) groups excluding carboxylic acids is 1. The van der Waals surface area contributed by atoms with Crippen LogP contribution in [0.4, 0.5) is 5.13 Å². The Kier molecular flexibility index (Phi) is 5.96. The summed E-state index contributed by atoms with van der Waals surface area (Å²) in [5, 5.41) is 5.44. The van der Waals surface area contributed by atoms with Gasteiger partial charge in [-0.2, -0.15) is 0 Å². The van der Waals surface area contributed by atoms with Gasteiger partial charge in [0.15, 0.2) is 28.1 Å². The van der Waals surface area contributed by atoms with Crippen molar-refractivity contribution in [2.75, 3.05) is 25.8 Å². The van der Waals surface area contributed by atoms with Gasteiger partial charge in [-0.25, -0.2) is 4.98 Å². The number of amides is 1. The van der Waals surface area contributed by atoms with Crippen LogP contribution in [0.15, 0.2) is 35.7 Å². The lowest BCUT2D eigenvalue weighted by atomic mass is 10.1. The number of methoxy groups -OCH3 is 1. The second-order valence-electron chi connectivity index (χ2n) is 6.40. The first-order valence-corrected chi connectivity index (χ1v) is 10.5. The van der Waals surface area contributed by atoms with E-state index in [0.717, 1.165) is 17.7 Å². The molecule has 0 fully saturated rings. The van der Waals surface area contributed by atoms with Gasteiger partial charge in [-0.15, -0.1) is 11.3 Å². The Morgan fingerprint density at radius 1 is 1.27 bits per heavy atom. The molecule has 1 amide bonds. The Hall–Kier alpha value is -2.97. The molecular weight excluding hydrogens is 428 g/mol. The quantitative estimate of drug-likeness (QED) is 0.534. The van der Waals surface area contributed by atoms with E-state index in [1.807, 2.05) is 30.5 Å². The molecule has 0 radical (unpaired) electrons. The summed E-state index contributed by atoms with van der Waals surface area (Å²) in [5.41, 5.74) is 1.95. The highest BCUT2D eigenvalue weighted by Gasteiger charge is 2.18. The van der Waals surface area contributed by atoms with Gasteiger partial charge >= 0.3 is 0 Å². The molecule has 3 aromatic rings. The number of rotatable bonds is 7. The third-order valence-corrected chi connectivity index (χ3v) is 5.37. The minimum Gasteiger partial charge on any atom is -0.493 e. The van der Waals surface area contributed by atoms with E-state index >= 15 is 0 Å². The molecule has 1 aliphatic rings. The van der Waals surface area contributed by atoms with Gasteiger partial charge in [0, 0.05) is 16.5 Å². The molecule has 7 nitrogen and oxygen atoms in total. The van der Waals surface area contributed by atoms with Gasteiger partial charge in [0.1, 0.15) is 0 Å². The first-order valence-electron chi connectivity index (χ1n) is 9.26. The summed E-state index contributed by atoms with van der Waals surface area (Å²) in [4.78, 5) is 17.2. The predicted octanol–water partition coefficient (Wildman–Crippen LogP) is 5.24. The zero-order valence-electron chi connectivity index (χ0n) is 16.4. The fraction of sp³-hybridized carbons (Fsp3) is 0.238. The first-order chi connectivity index (χ1) is 14.6. The van der Waals surface area contributed by atoms with Crippen LogP contribution in [0.1, 0.15) is 23.7 Å². The Balaban J connectivity index is 1.51. The Labute approximate surface area is 182 Å². The van der Waals surface area contributed by atoms with E-state index in [0.29, 0.717) is 45.3 Å². The van der Waals surface area contributed by atoms with Crippen molar-refractivity contribution in [3.63, 3.8) is 0 Å². The Bertz CT molecular complexity index is 1090. The summed E-state index contributed by atoms with van der Waals surface area (Å²) in [6.07, 6.45) is 0.831. The molecule has 2 heterocycles. The minimum atomic E-state index is -0.344. The summed E-state index contributed by atoms with van der Waals surface area (Å²) in [6, 6.07) is 8.75. The lowest BCUT2D eigenvalue weighted by Gasteiger charge is -2.13. The number of halogens is 1. The van der Waals surface area contributed by atoms with E-state index in [-0.39, 0.29) is 12.7 Å². The molecule has 0 unspecified atom stereocenters. The van der Waals surface area contributed by atoms with Gasteiger partial charge in [0.2, 0.25) is 6.79 Å². The predicted molar refractivity (Wildman–Crippen MR) is 115 cm³/mol. The van der Waals surface area contributed by atoms with Crippen LogP contribution in [0.25, 0.3) is 11.3 Å². The van der Waals surface area contributed by atoms with Crippen LogP contribution < -0.4 is 24.3 Å². The maximum absolute atomic E-state index is 12.7. The number of nitrogens with zero attached hydrogens (tertiary/aromatic N) is 1. The summed E-state index contributed by atoms with van der Waals surface area (Å²) >= 11 is 7.63. The maximum Gasteiger partial charge on any atom is 0.257 e. The highest BCUT2D eigenvalue weighted by molar-refractivity contribution is 7.14. The number of benzene rings is 2. The molecule has 2 aromatic carbocycles. The van der Waals surface area contributed by atoms with E-state index in [2.05, 4.69) is 10.3 Å². The molecule has 1 aliphatic heterocycles. The van der Waals surface area contributed by atoms with Gasteiger partial charge in [-0.3, -0.25) is 10.1 Å². The number of fused-ring (bicyclic) bond motifs is 1. The van der Waals surface area contributed by atoms with E-state index in [9.17, 15) is 4.79 Å². The molecule has 0 aliphatic carbocycles. The average Bonchev–Trinajstić information content (AvgIpc) is 3.41. The molecule has 30 heavy (non-hydrogen) atoms. The van der Waals surface area contributed by atoms with Crippen molar-refractivity contribution in [3.8, 4) is 34.3 Å². The Morgan fingerprint density at radius 3 is 2.90 bits per heavy atom. The van der Waals surface area contributed by atoms with Crippen molar-refractivity contribution in [2.45, 2.75) is 13.3 Å². The number of aromatic nitrogens is 1. The van der Waals surface area contributed by atoms with Crippen LogP contribution in [-0.2, 0) is 0 Å². The summed E-state index contributed by atoms with van der Waals surface area (Å²) in [6.45, 7) is 2.71. The van der Waals surface area contributed by atoms with E-state index < -0.39 is 0 Å². The molecule has 1 aromatic heterocycles.